The Balaban J connectivity index is 2.24. The van der Waals surface area contributed by atoms with Crippen LogP contribution in [0.3, 0.4) is 0 Å². The van der Waals surface area contributed by atoms with E-state index in [2.05, 4.69) is 6.08 Å². The number of allylic oxidation sites excluding steroid dienone is 1. The lowest BCUT2D eigenvalue weighted by Crippen LogP contribution is -2.48. The number of carboxylic acid groups (broad SMARTS) is 1. The number of hydrogen-bond donors (Lipinski definition) is 0. The van der Waals surface area contributed by atoms with E-state index in [1.54, 1.807) is 0 Å². The lowest BCUT2D eigenvalue weighted by Gasteiger charge is -2.38. The highest BCUT2D eigenvalue weighted by Crippen LogP contribution is 2.50. The van der Waals surface area contributed by atoms with Crippen LogP contribution in [-0.2, 0) is 9.53 Å². The first-order chi connectivity index (χ1) is 6.82. The van der Waals surface area contributed by atoms with Crippen LogP contribution in [0.25, 0.3) is 0 Å². The maximum atomic E-state index is 11.1. The summed E-state index contributed by atoms with van der Waals surface area (Å²) in [6.45, 7) is 5.86. The Morgan fingerprint density at radius 1 is 1.53 bits per heavy atom. The van der Waals surface area contributed by atoms with Gasteiger partial charge in [0.1, 0.15) is 0 Å². The Bertz CT molecular complexity index is 313. The lowest BCUT2D eigenvalue weighted by molar-refractivity contribution is -0.317. The molecule has 2 aliphatic carbocycles. The molecule has 3 nitrogen and oxygen atoms in total. The summed E-state index contributed by atoms with van der Waals surface area (Å²) in [5.74, 6) is -1.10. The van der Waals surface area contributed by atoms with Gasteiger partial charge in [-0.1, -0.05) is 12.2 Å². The van der Waals surface area contributed by atoms with Gasteiger partial charge in [0, 0.05) is 11.9 Å². The van der Waals surface area contributed by atoms with Crippen molar-refractivity contribution in [1.82, 2.24) is 0 Å². The van der Waals surface area contributed by atoms with E-state index >= 15 is 0 Å². The van der Waals surface area contributed by atoms with Crippen LogP contribution in [0.4, 0.5) is 0 Å². The summed E-state index contributed by atoms with van der Waals surface area (Å²) in [6, 6.07) is 0. The Morgan fingerprint density at radius 2 is 2.20 bits per heavy atom. The normalized spacial score (nSPS) is 38.6. The van der Waals surface area contributed by atoms with Crippen LogP contribution in [0.1, 0.15) is 33.6 Å². The zero-order chi connectivity index (χ0) is 11.3. The second-order valence-corrected chi connectivity index (χ2v) is 5.60. The zero-order valence-electron chi connectivity index (χ0n) is 9.45. The highest BCUT2D eigenvalue weighted by Gasteiger charge is 2.51. The van der Waals surface area contributed by atoms with Crippen LogP contribution in [0.15, 0.2) is 12.2 Å². The molecule has 3 unspecified atom stereocenters. The largest absolute Gasteiger partial charge is 0.550 e. The van der Waals surface area contributed by atoms with Crippen molar-refractivity contribution in [2.24, 2.45) is 11.8 Å². The summed E-state index contributed by atoms with van der Waals surface area (Å²) in [7, 11) is 0. The van der Waals surface area contributed by atoms with Crippen molar-refractivity contribution in [3.63, 3.8) is 0 Å². The molecule has 15 heavy (non-hydrogen) atoms. The average molecular weight is 209 g/mol. The molecule has 0 heterocycles. The van der Waals surface area contributed by atoms with Crippen LogP contribution in [0.5, 0.6) is 0 Å². The van der Waals surface area contributed by atoms with E-state index < -0.39 is 17.5 Å². The highest BCUT2D eigenvalue weighted by molar-refractivity contribution is 5.71. The molecule has 0 amide bonds. The Kier molecular flexibility index (Phi) is 2.19. The molecule has 0 saturated heterocycles. The van der Waals surface area contributed by atoms with Crippen molar-refractivity contribution in [2.75, 3.05) is 0 Å². The van der Waals surface area contributed by atoms with Gasteiger partial charge < -0.3 is 14.6 Å². The van der Waals surface area contributed by atoms with Gasteiger partial charge in [-0.3, -0.25) is 0 Å². The van der Waals surface area contributed by atoms with Gasteiger partial charge in [0.2, 0.25) is 0 Å². The summed E-state index contributed by atoms with van der Waals surface area (Å²) in [5.41, 5.74) is -0.932. The molecule has 0 radical (unpaired) electrons. The van der Waals surface area contributed by atoms with Crippen LogP contribution >= 0.6 is 0 Å². The SMILES string of the molecule is CC(C)(C)OC12C=CC(CC1C(=O)[O-])C2. The highest BCUT2D eigenvalue weighted by atomic mass is 16.5. The Labute approximate surface area is 90.1 Å². The van der Waals surface area contributed by atoms with Gasteiger partial charge >= 0.3 is 0 Å². The third-order valence-corrected chi connectivity index (χ3v) is 3.14. The molecule has 0 spiro atoms. The van der Waals surface area contributed by atoms with E-state index in [9.17, 15) is 9.90 Å². The number of carbonyl (C=O) groups is 1. The van der Waals surface area contributed by atoms with Crippen molar-refractivity contribution in [2.45, 2.75) is 44.8 Å². The fourth-order valence-corrected chi connectivity index (χ4v) is 2.78. The molecular weight excluding hydrogens is 192 g/mol. The monoisotopic (exact) mass is 209 g/mol. The first-order valence-corrected chi connectivity index (χ1v) is 5.43. The molecule has 0 aromatic carbocycles. The smallest absolute Gasteiger partial charge is 0.0955 e. The summed E-state index contributed by atoms with van der Waals surface area (Å²) in [4.78, 5) is 11.1. The van der Waals surface area contributed by atoms with Crippen molar-refractivity contribution in [3.05, 3.63) is 12.2 Å². The van der Waals surface area contributed by atoms with Crippen LogP contribution in [0.2, 0.25) is 0 Å². The van der Waals surface area contributed by atoms with Crippen molar-refractivity contribution in [3.8, 4) is 0 Å². The standard InChI is InChI=1S/C12H18O3/c1-11(2,3)15-12-5-4-8(7-12)6-9(12)10(13)14/h4-5,8-9H,6-7H2,1-3H3,(H,13,14)/p-1. The number of carboxylic acids is 1. The first-order valence-electron chi connectivity index (χ1n) is 5.43. The fourth-order valence-electron chi connectivity index (χ4n) is 2.78. The van der Waals surface area contributed by atoms with E-state index in [1.807, 2.05) is 26.8 Å². The fraction of sp³-hybridized carbons (Fsp3) is 0.750. The zero-order valence-corrected chi connectivity index (χ0v) is 9.45. The summed E-state index contributed by atoms with van der Waals surface area (Å²) in [6.07, 6.45) is 5.45. The van der Waals surface area contributed by atoms with Crippen LogP contribution < -0.4 is 5.11 Å². The first kappa shape index (κ1) is 10.7. The van der Waals surface area contributed by atoms with E-state index in [1.165, 1.54) is 0 Å². The minimum Gasteiger partial charge on any atom is -0.550 e. The molecule has 3 atom stereocenters. The third-order valence-electron chi connectivity index (χ3n) is 3.14. The second-order valence-electron chi connectivity index (χ2n) is 5.60. The molecule has 2 aliphatic rings. The molecule has 0 aliphatic heterocycles. The summed E-state index contributed by atoms with van der Waals surface area (Å²) >= 11 is 0. The van der Waals surface area contributed by atoms with Crippen LogP contribution in [0, 0.1) is 11.8 Å². The van der Waals surface area contributed by atoms with Gasteiger partial charge in [0.05, 0.1) is 11.2 Å². The van der Waals surface area contributed by atoms with E-state index in [4.69, 9.17) is 4.74 Å². The summed E-state index contributed by atoms with van der Waals surface area (Å²) in [5, 5.41) is 11.1. The topological polar surface area (TPSA) is 49.4 Å². The minimum atomic E-state index is -0.980. The van der Waals surface area contributed by atoms with Gasteiger partial charge in [-0.25, -0.2) is 0 Å². The predicted octanol–water partition coefficient (Wildman–Crippen LogP) is 0.886. The molecule has 0 aromatic heterocycles. The van der Waals surface area contributed by atoms with E-state index in [0.717, 1.165) is 6.42 Å². The number of hydrogen-bond acceptors (Lipinski definition) is 3. The molecule has 2 rings (SSSR count). The van der Waals surface area contributed by atoms with Crippen molar-refractivity contribution >= 4 is 5.97 Å². The quantitative estimate of drug-likeness (QED) is 0.634. The number of fused-ring (bicyclic) bond motifs is 2. The Morgan fingerprint density at radius 3 is 2.67 bits per heavy atom. The molecule has 0 aromatic rings. The minimum absolute atomic E-state index is 0.322. The molecule has 1 fully saturated rings. The van der Waals surface area contributed by atoms with Gasteiger partial charge in [-0.2, -0.15) is 0 Å². The van der Waals surface area contributed by atoms with Crippen LogP contribution in [-0.4, -0.2) is 17.2 Å². The molecule has 3 heteroatoms. The molecule has 2 bridgehead atoms. The van der Waals surface area contributed by atoms with E-state index in [0.29, 0.717) is 12.3 Å². The van der Waals surface area contributed by atoms with Gasteiger partial charge in [-0.15, -0.1) is 0 Å². The van der Waals surface area contributed by atoms with Crippen molar-refractivity contribution in [1.29, 1.82) is 0 Å². The maximum Gasteiger partial charge on any atom is 0.0955 e. The Hall–Kier alpha value is -0.830. The number of aliphatic carboxylic acids is 1. The lowest BCUT2D eigenvalue weighted by atomic mass is 9.88. The van der Waals surface area contributed by atoms with Gasteiger partial charge in [0.15, 0.2) is 0 Å². The predicted molar refractivity (Wildman–Crippen MR) is 53.9 cm³/mol. The molecule has 0 N–H and O–H groups in total. The number of rotatable bonds is 2. The second kappa shape index (κ2) is 3.08. The van der Waals surface area contributed by atoms with Gasteiger partial charge in [-0.05, 0) is 39.5 Å². The molecule has 1 saturated carbocycles. The maximum absolute atomic E-state index is 11.1. The summed E-state index contributed by atoms with van der Waals surface area (Å²) < 4.78 is 5.94. The molecule has 84 valence electrons. The average Bonchev–Trinajstić information content (AvgIpc) is 2.55. The van der Waals surface area contributed by atoms with E-state index in [-0.39, 0.29) is 5.60 Å². The molecular formula is C12H17O3-. The van der Waals surface area contributed by atoms with Gasteiger partial charge in [0.25, 0.3) is 0 Å². The number of ether oxygens (including phenoxy) is 1. The third kappa shape index (κ3) is 1.81. The van der Waals surface area contributed by atoms with Crippen molar-refractivity contribution < 1.29 is 14.6 Å². The number of carbonyl (C=O) groups excluding carboxylic acids is 1.